The van der Waals surface area contributed by atoms with Crippen LogP contribution in [-0.4, -0.2) is 75.9 Å². The number of aryl methyl sites for hydroxylation is 4. The smallest absolute Gasteiger partial charge is 0.305 e. The van der Waals surface area contributed by atoms with Crippen LogP contribution >= 0.6 is 0 Å². The van der Waals surface area contributed by atoms with Crippen LogP contribution < -0.4 is 0 Å². The molecule has 3 aromatic rings. The number of nitrogens with zero attached hydrogens (tertiary/aromatic N) is 2. The monoisotopic (exact) mass is 770 g/mol. The number of ether oxygens (including phenoxy) is 2. The molecule has 0 saturated carbocycles. The number of esters is 2. The summed E-state index contributed by atoms with van der Waals surface area (Å²) < 4.78 is 22.7. The third-order valence-corrected chi connectivity index (χ3v) is 12.3. The van der Waals surface area contributed by atoms with Crippen LogP contribution in [0.15, 0.2) is 24.3 Å². The van der Waals surface area contributed by atoms with Crippen LogP contribution in [-0.2, 0) is 40.8 Å². The predicted molar refractivity (Wildman–Crippen MR) is 224 cm³/mol. The van der Waals surface area contributed by atoms with Crippen molar-refractivity contribution in [2.24, 2.45) is 0 Å². The Morgan fingerprint density at radius 2 is 0.944 bits per heavy atom. The summed E-state index contributed by atoms with van der Waals surface area (Å²) in [6.45, 7) is 22.9. The van der Waals surface area contributed by atoms with Crippen LogP contribution in [0, 0.1) is 13.8 Å². The van der Waals surface area contributed by atoms with Gasteiger partial charge in [0.05, 0.1) is 37.0 Å². The van der Waals surface area contributed by atoms with Crippen LogP contribution in [0.25, 0.3) is 44.4 Å². The highest BCUT2D eigenvalue weighted by molar-refractivity contribution is 6.70. The maximum Gasteiger partial charge on any atom is 0.305 e. The molecule has 54 heavy (non-hydrogen) atoms. The Morgan fingerprint density at radius 1 is 0.556 bits per heavy atom. The Hall–Kier alpha value is -4.11. The topological polar surface area (TPSA) is 128 Å². The lowest BCUT2D eigenvalue weighted by Gasteiger charge is -2.17. The van der Waals surface area contributed by atoms with Gasteiger partial charge < -0.3 is 28.3 Å². The number of nitrogens with one attached hydrogen (secondary N) is 2. The molecule has 0 aliphatic carbocycles. The molecule has 2 N–H and O–H groups in total. The second-order valence-electron chi connectivity index (χ2n) is 16.2. The summed E-state index contributed by atoms with van der Waals surface area (Å²) in [7, 11) is -0.625. The Labute approximate surface area is 322 Å². The molecule has 5 heterocycles. The van der Waals surface area contributed by atoms with Gasteiger partial charge >= 0.3 is 11.9 Å². The molecule has 0 saturated heterocycles. The zero-order valence-corrected chi connectivity index (χ0v) is 36.3. The molecule has 0 spiro atoms. The van der Waals surface area contributed by atoms with Gasteiger partial charge in [0.15, 0.2) is 16.6 Å². The molecule has 2 aliphatic heterocycles. The molecule has 0 aromatic carbocycles. The first-order valence-corrected chi connectivity index (χ1v) is 25.8. The minimum Gasteiger partial charge on any atom is -0.469 e. The summed E-state index contributed by atoms with van der Waals surface area (Å²) in [5.41, 5.74) is 15.8. The van der Waals surface area contributed by atoms with Gasteiger partial charge in [0.25, 0.3) is 0 Å². The van der Waals surface area contributed by atoms with Gasteiger partial charge in [-0.05, 0) is 161 Å². The van der Waals surface area contributed by atoms with Crippen molar-refractivity contribution in [1.29, 1.82) is 0 Å². The number of hydrogen-bond donors (Lipinski definition) is 2. The van der Waals surface area contributed by atoms with E-state index in [0.717, 1.165) is 102 Å². The van der Waals surface area contributed by atoms with Crippen molar-refractivity contribution < 1.29 is 27.9 Å². The zero-order chi connectivity index (χ0) is 39.5. The molecule has 12 heteroatoms. The molecule has 5 rings (SSSR count). The number of fused-ring (bicyclic) bond motifs is 8. The Bertz CT molecular complexity index is 2160. The number of aromatic nitrogens is 4. The number of aromatic amines is 2. The standard InChI is InChI=1S/C42H58N4O6Si2/c1-25-29(13-15-41(47)49-5)39-24-40-30(14-16-42(48)50-6)26(2)35(46-40)22-38-32(18-20-52-54(10,11)12)28(4)36(45-38)23-37-31(17-19-51-53(7,8)9)27(3)34(43-37)21-33(25)44-39/h21-24,44,46H,13-20H2,1-12H3. The predicted octanol–water partition coefficient (Wildman–Crippen LogP) is 9.49. The highest BCUT2D eigenvalue weighted by Crippen LogP contribution is 2.37. The van der Waals surface area contributed by atoms with Crippen molar-refractivity contribution in [2.75, 3.05) is 27.4 Å². The Morgan fingerprint density at radius 3 is 1.35 bits per heavy atom. The van der Waals surface area contributed by atoms with E-state index in [1.165, 1.54) is 14.2 Å². The summed E-state index contributed by atoms with van der Waals surface area (Å²) in [6.07, 6.45) is 2.96. The normalized spacial score (nSPS) is 13.6. The molecule has 0 unspecified atom stereocenters. The fourth-order valence-corrected chi connectivity index (χ4v) is 8.50. The first kappa shape index (κ1) is 41.1. The third kappa shape index (κ3) is 9.76. The molecule has 2 aliphatic rings. The van der Waals surface area contributed by atoms with Crippen molar-refractivity contribution in [3.05, 3.63) is 69.3 Å². The minimum atomic E-state index is -1.73. The molecule has 10 nitrogen and oxygen atoms in total. The van der Waals surface area contributed by atoms with E-state index in [1.807, 2.05) is 0 Å². The first-order valence-electron chi connectivity index (χ1n) is 18.9. The summed E-state index contributed by atoms with van der Waals surface area (Å²) >= 11 is 0. The van der Waals surface area contributed by atoms with Gasteiger partial charge in [-0.15, -0.1) is 0 Å². The fourth-order valence-electron chi connectivity index (χ4n) is 7.07. The van der Waals surface area contributed by atoms with Gasteiger partial charge in [0, 0.05) is 48.1 Å². The van der Waals surface area contributed by atoms with Crippen LogP contribution in [0.3, 0.4) is 0 Å². The lowest BCUT2D eigenvalue weighted by molar-refractivity contribution is -0.141. The molecule has 0 amide bonds. The summed E-state index contributed by atoms with van der Waals surface area (Å²) in [6, 6.07) is 8.47. The number of rotatable bonds is 14. The number of allylic oxidation sites excluding steroid dienone is 2. The van der Waals surface area contributed by atoms with Crippen molar-refractivity contribution in [3.63, 3.8) is 0 Å². The zero-order valence-electron chi connectivity index (χ0n) is 34.3. The maximum atomic E-state index is 12.4. The van der Waals surface area contributed by atoms with Gasteiger partial charge in [-0.2, -0.15) is 0 Å². The van der Waals surface area contributed by atoms with E-state index in [-0.39, 0.29) is 24.8 Å². The molecular formula is C42H58N4O6Si2. The lowest BCUT2D eigenvalue weighted by atomic mass is 10.0. The Balaban J connectivity index is 1.84. The van der Waals surface area contributed by atoms with E-state index in [1.54, 1.807) is 0 Å². The molecule has 0 radical (unpaired) electrons. The van der Waals surface area contributed by atoms with Crippen molar-refractivity contribution >= 4 is 72.9 Å². The first-order chi connectivity index (χ1) is 25.4. The molecule has 0 atom stereocenters. The molecule has 3 aromatic heterocycles. The van der Waals surface area contributed by atoms with Crippen LogP contribution in [0.5, 0.6) is 0 Å². The molecule has 8 bridgehead atoms. The number of hydrogen-bond acceptors (Lipinski definition) is 8. The van der Waals surface area contributed by atoms with Crippen molar-refractivity contribution in [1.82, 2.24) is 19.9 Å². The second kappa shape index (κ2) is 16.7. The second-order valence-corrected chi connectivity index (χ2v) is 25.3. The van der Waals surface area contributed by atoms with E-state index >= 15 is 0 Å². The largest absolute Gasteiger partial charge is 0.469 e. The number of H-pyrrole nitrogens is 2. The van der Waals surface area contributed by atoms with Gasteiger partial charge in [-0.3, -0.25) is 9.59 Å². The minimum absolute atomic E-state index is 0.245. The molecular weight excluding hydrogens is 713 g/mol. The Kier molecular flexibility index (Phi) is 12.7. The summed E-state index contributed by atoms with van der Waals surface area (Å²) in [5.74, 6) is -0.531. The van der Waals surface area contributed by atoms with E-state index in [0.29, 0.717) is 26.1 Å². The van der Waals surface area contributed by atoms with E-state index in [4.69, 9.17) is 28.3 Å². The van der Waals surface area contributed by atoms with Crippen molar-refractivity contribution in [2.45, 2.75) is 106 Å². The van der Waals surface area contributed by atoms with E-state index in [9.17, 15) is 9.59 Å². The van der Waals surface area contributed by atoms with Crippen LogP contribution in [0.1, 0.15) is 84.6 Å². The van der Waals surface area contributed by atoms with Gasteiger partial charge in [-0.1, -0.05) is 0 Å². The number of carbonyl (C=O) groups is 2. The quantitative estimate of drug-likeness (QED) is 0.123. The average Bonchev–Trinajstić information content (AvgIpc) is 3.75. The van der Waals surface area contributed by atoms with E-state index in [2.05, 4.69) is 101 Å². The maximum absolute atomic E-state index is 12.4. The third-order valence-electron chi connectivity index (χ3n) is 10.2. The van der Waals surface area contributed by atoms with Gasteiger partial charge in [0.2, 0.25) is 0 Å². The fraction of sp³-hybridized carbons (Fsp3) is 0.476. The summed E-state index contributed by atoms with van der Waals surface area (Å²) in [5, 5.41) is 0. The lowest BCUT2D eigenvalue weighted by Crippen LogP contribution is -2.25. The highest BCUT2D eigenvalue weighted by Gasteiger charge is 2.24. The average molecular weight is 771 g/mol. The van der Waals surface area contributed by atoms with Crippen LogP contribution in [0.4, 0.5) is 0 Å². The molecule has 0 fully saturated rings. The van der Waals surface area contributed by atoms with Crippen molar-refractivity contribution in [3.8, 4) is 0 Å². The number of carbonyl (C=O) groups excluding carboxylic acids is 2. The summed E-state index contributed by atoms with van der Waals surface area (Å²) in [4.78, 5) is 42.6. The SMILES string of the molecule is COC(=O)CCc1c(C)c2cc3nc(cc4nc(cc5[nH]c(cc1[nH]2)c(CCC(=O)OC)c5C)C(CCO[Si](C)(C)C)=C4C)C(CCO[Si](C)(C)C)=C3C. The van der Waals surface area contributed by atoms with Crippen LogP contribution in [0.2, 0.25) is 39.3 Å². The number of methoxy groups -OCH3 is 2. The molecule has 290 valence electrons. The van der Waals surface area contributed by atoms with Gasteiger partial charge in [0.1, 0.15) is 0 Å². The highest BCUT2D eigenvalue weighted by atomic mass is 28.4. The van der Waals surface area contributed by atoms with E-state index < -0.39 is 16.6 Å². The van der Waals surface area contributed by atoms with Gasteiger partial charge in [-0.25, -0.2) is 9.97 Å².